The topological polar surface area (TPSA) is 57.7 Å². The molecule has 0 unspecified atom stereocenters. The lowest BCUT2D eigenvalue weighted by Crippen LogP contribution is -2.03. The number of hydrogen-bond acceptors (Lipinski definition) is 5. The molecular weight excluding hydrogens is 282 g/mol. The Morgan fingerprint density at radius 1 is 1.00 bits per heavy atom. The summed E-state index contributed by atoms with van der Waals surface area (Å²) in [7, 11) is 4.51. The molecule has 0 N–H and O–H groups in total. The van der Waals surface area contributed by atoms with Gasteiger partial charge in [0.1, 0.15) is 0 Å². The van der Waals surface area contributed by atoms with Crippen LogP contribution in [-0.4, -0.2) is 32.1 Å². The fourth-order valence-electron chi connectivity index (χ4n) is 2.02. The molecule has 0 saturated carbocycles. The van der Waals surface area contributed by atoms with Crippen molar-refractivity contribution in [1.29, 1.82) is 0 Å². The number of ketones is 1. The van der Waals surface area contributed by atoms with Gasteiger partial charge in [-0.05, 0) is 36.4 Å². The molecule has 1 aromatic heterocycles. The third-order valence-electron chi connectivity index (χ3n) is 3.06. The third kappa shape index (κ3) is 3.25. The molecule has 5 nitrogen and oxygen atoms in total. The smallest absolute Gasteiger partial charge is 0.204 e. The molecule has 0 atom stereocenters. The van der Waals surface area contributed by atoms with E-state index in [4.69, 9.17) is 14.2 Å². The highest BCUT2D eigenvalue weighted by Gasteiger charge is 2.19. The second-order valence-corrected chi connectivity index (χ2v) is 4.33. The van der Waals surface area contributed by atoms with Crippen molar-refractivity contribution in [3.63, 3.8) is 0 Å². The van der Waals surface area contributed by atoms with Crippen molar-refractivity contribution >= 4 is 11.9 Å². The van der Waals surface area contributed by atoms with Gasteiger partial charge in [0.05, 0.1) is 32.6 Å². The van der Waals surface area contributed by atoms with Crippen LogP contribution in [0.15, 0.2) is 42.6 Å². The normalized spacial score (nSPS) is 10.5. The molecule has 0 saturated heterocycles. The van der Waals surface area contributed by atoms with Gasteiger partial charge in [0, 0.05) is 6.20 Å². The standard InChI is InChI=1S/C17H17NO4/c1-20-15-10-8-13(16(21-2)17(15)22-3)14(19)9-7-12-6-4-5-11-18-12/h4-11H,1-3H3/b9-7+. The van der Waals surface area contributed by atoms with Gasteiger partial charge in [-0.1, -0.05) is 6.07 Å². The molecule has 0 fully saturated rings. The Bertz CT molecular complexity index is 681. The van der Waals surface area contributed by atoms with Gasteiger partial charge in [-0.2, -0.15) is 0 Å². The highest BCUT2D eigenvalue weighted by Crippen LogP contribution is 2.39. The Labute approximate surface area is 129 Å². The van der Waals surface area contributed by atoms with Crippen LogP contribution in [0.25, 0.3) is 6.08 Å². The maximum absolute atomic E-state index is 12.4. The number of ether oxygens (including phenoxy) is 3. The van der Waals surface area contributed by atoms with E-state index in [9.17, 15) is 4.79 Å². The van der Waals surface area contributed by atoms with Gasteiger partial charge >= 0.3 is 0 Å². The van der Waals surface area contributed by atoms with Crippen molar-refractivity contribution in [2.45, 2.75) is 0 Å². The average molecular weight is 299 g/mol. The third-order valence-corrected chi connectivity index (χ3v) is 3.06. The van der Waals surface area contributed by atoms with Crippen molar-refractivity contribution < 1.29 is 19.0 Å². The Kier molecular flexibility index (Phi) is 5.14. The molecule has 5 heteroatoms. The first-order valence-electron chi connectivity index (χ1n) is 6.63. The number of benzene rings is 1. The van der Waals surface area contributed by atoms with Gasteiger partial charge in [-0.15, -0.1) is 0 Å². The number of carbonyl (C=O) groups is 1. The van der Waals surface area contributed by atoms with Crippen LogP contribution in [0.4, 0.5) is 0 Å². The van der Waals surface area contributed by atoms with Crippen LogP contribution in [0.2, 0.25) is 0 Å². The van der Waals surface area contributed by atoms with Gasteiger partial charge < -0.3 is 14.2 Å². The number of hydrogen-bond donors (Lipinski definition) is 0. The molecule has 0 aliphatic heterocycles. The highest BCUT2D eigenvalue weighted by molar-refractivity contribution is 6.09. The monoisotopic (exact) mass is 299 g/mol. The summed E-state index contributed by atoms with van der Waals surface area (Å²) in [6.07, 6.45) is 4.77. The number of nitrogens with zero attached hydrogens (tertiary/aromatic N) is 1. The van der Waals surface area contributed by atoms with Crippen LogP contribution in [-0.2, 0) is 0 Å². The highest BCUT2D eigenvalue weighted by atomic mass is 16.5. The zero-order chi connectivity index (χ0) is 15.9. The van der Waals surface area contributed by atoms with Crippen molar-refractivity contribution in [2.24, 2.45) is 0 Å². The minimum absolute atomic E-state index is 0.205. The Balaban J connectivity index is 2.35. The second kappa shape index (κ2) is 7.26. The first-order chi connectivity index (χ1) is 10.7. The van der Waals surface area contributed by atoms with E-state index in [1.54, 1.807) is 24.4 Å². The lowest BCUT2D eigenvalue weighted by molar-refractivity contribution is 0.104. The van der Waals surface area contributed by atoms with E-state index in [0.717, 1.165) is 0 Å². The SMILES string of the molecule is COc1ccc(C(=O)/C=C/c2ccccn2)c(OC)c1OC. The van der Waals surface area contributed by atoms with E-state index in [2.05, 4.69) is 4.98 Å². The van der Waals surface area contributed by atoms with E-state index in [1.807, 2.05) is 18.2 Å². The van der Waals surface area contributed by atoms with Crippen molar-refractivity contribution in [3.8, 4) is 17.2 Å². The van der Waals surface area contributed by atoms with E-state index in [1.165, 1.54) is 27.4 Å². The lowest BCUT2D eigenvalue weighted by Gasteiger charge is -2.14. The first-order valence-corrected chi connectivity index (χ1v) is 6.63. The van der Waals surface area contributed by atoms with Crippen molar-refractivity contribution in [2.75, 3.05) is 21.3 Å². The van der Waals surface area contributed by atoms with E-state index < -0.39 is 0 Å². The van der Waals surface area contributed by atoms with Gasteiger partial charge in [0.2, 0.25) is 5.75 Å². The summed E-state index contributed by atoms with van der Waals surface area (Å²) < 4.78 is 15.8. The maximum Gasteiger partial charge on any atom is 0.204 e. The first kappa shape index (κ1) is 15.6. The largest absolute Gasteiger partial charge is 0.493 e. The van der Waals surface area contributed by atoms with Gasteiger partial charge in [0.25, 0.3) is 0 Å². The Morgan fingerprint density at radius 3 is 2.36 bits per heavy atom. The van der Waals surface area contributed by atoms with Crippen LogP contribution in [0.3, 0.4) is 0 Å². The molecule has 0 radical (unpaired) electrons. The van der Waals surface area contributed by atoms with Crippen LogP contribution in [0.5, 0.6) is 17.2 Å². The van der Waals surface area contributed by atoms with Crippen LogP contribution >= 0.6 is 0 Å². The summed E-state index contributed by atoms with van der Waals surface area (Å²) >= 11 is 0. The van der Waals surface area contributed by atoms with E-state index >= 15 is 0 Å². The average Bonchev–Trinajstić information content (AvgIpc) is 2.58. The fraction of sp³-hybridized carbons (Fsp3) is 0.176. The Hall–Kier alpha value is -2.82. The van der Waals surface area contributed by atoms with Crippen molar-refractivity contribution in [3.05, 3.63) is 53.9 Å². The predicted octanol–water partition coefficient (Wildman–Crippen LogP) is 3.00. The molecule has 0 aliphatic carbocycles. The zero-order valence-electron chi connectivity index (χ0n) is 12.7. The number of rotatable bonds is 6. The molecule has 114 valence electrons. The van der Waals surface area contributed by atoms with Crippen LogP contribution in [0.1, 0.15) is 16.1 Å². The minimum Gasteiger partial charge on any atom is -0.493 e. The fourth-order valence-corrected chi connectivity index (χ4v) is 2.02. The maximum atomic E-state index is 12.4. The molecular formula is C17H17NO4. The summed E-state index contributed by atoms with van der Waals surface area (Å²) in [6.45, 7) is 0. The van der Waals surface area contributed by atoms with E-state index in [0.29, 0.717) is 28.5 Å². The molecule has 1 heterocycles. The van der Waals surface area contributed by atoms with Gasteiger partial charge in [-0.25, -0.2) is 0 Å². The number of pyridine rings is 1. The number of allylic oxidation sites excluding steroid dienone is 1. The van der Waals surface area contributed by atoms with E-state index in [-0.39, 0.29) is 5.78 Å². The molecule has 22 heavy (non-hydrogen) atoms. The molecule has 0 aliphatic rings. The predicted molar refractivity (Wildman–Crippen MR) is 83.7 cm³/mol. The van der Waals surface area contributed by atoms with Gasteiger partial charge in [0.15, 0.2) is 17.3 Å². The van der Waals surface area contributed by atoms with Crippen LogP contribution < -0.4 is 14.2 Å². The van der Waals surface area contributed by atoms with Gasteiger partial charge in [-0.3, -0.25) is 9.78 Å². The molecule has 0 amide bonds. The molecule has 2 rings (SSSR count). The molecule has 1 aromatic carbocycles. The number of aromatic nitrogens is 1. The Morgan fingerprint density at radius 2 is 1.77 bits per heavy atom. The quantitative estimate of drug-likeness (QED) is 0.606. The number of carbonyl (C=O) groups excluding carboxylic acids is 1. The minimum atomic E-state index is -0.205. The molecule has 2 aromatic rings. The molecule has 0 spiro atoms. The number of methoxy groups -OCH3 is 3. The lowest BCUT2D eigenvalue weighted by atomic mass is 10.1. The second-order valence-electron chi connectivity index (χ2n) is 4.33. The summed E-state index contributed by atoms with van der Waals surface area (Å²) in [6, 6.07) is 8.80. The van der Waals surface area contributed by atoms with Crippen LogP contribution in [0, 0.1) is 0 Å². The summed E-state index contributed by atoms with van der Waals surface area (Å²) in [4.78, 5) is 16.5. The molecule has 0 bridgehead atoms. The van der Waals surface area contributed by atoms with Crippen molar-refractivity contribution in [1.82, 2.24) is 4.98 Å². The summed E-state index contributed by atoms with van der Waals surface area (Å²) in [5.74, 6) is 1.03. The summed E-state index contributed by atoms with van der Waals surface area (Å²) in [5.41, 5.74) is 1.10. The zero-order valence-corrected chi connectivity index (χ0v) is 12.7. The summed E-state index contributed by atoms with van der Waals surface area (Å²) in [5, 5.41) is 0.